The summed E-state index contributed by atoms with van der Waals surface area (Å²) in [4.78, 5) is 2.31. The Hall–Kier alpha value is -0.580. The summed E-state index contributed by atoms with van der Waals surface area (Å²) in [5.74, 6) is 0. The molecule has 102 valence electrons. The Labute approximate surface area is 118 Å². The highest BCUT2D eigenvalue weighted by molar-refractivity contribution is 9.10. The van der Waals surface area contributed by atoms with Crippen molar-refractivity contribution >= 4 is 21.6 Å². The molecule has 2 N–H and O–H groups in total. The van der Waals surface area contributed by atoms with E-state index in [4.69, 9.17) is 5.11 Å². The first kappa shape index (κ1) is 15.5. The maximum absolute atomic E-state index is 8.97. The first-order valence-corrected chi connectivity index (χ1v) is 7.37. The van der Waals surface area contributed by atoms with Crippen LogP contribution in [-0.2, 0) is 6.54 Å². The van der Waals surface area contributed by atoms with E-state index in [9.17, 15) is 0 Å². The van der Waals surface area contributed by atoms with E-state index < -0.39 is 0 Å². The predicted octanol–water partition coefficient (Wildman–Crippen LogP) is 2.77. The van der Waals surface area contributed by atoms with Crippen molar-refractivity contribution in [3.63, 3.8) is 0 Å². The van der Waals surface area contributed by atoms with E-state index in [1.807, 2.05) is 0 Å². The lowest BCUT2D eigenvalue weighted by atomic mass is 10.1. The van der Waals surface area contributed by atoms with Gasteiger partial charge in [0.05, 0.1) is 0 Å². The lowest BCUT2D eigenvalue weighted by Crippen LogP contribution is -2.26. The number of hydrogen-bond donors (Lipinski definition) is 2. The van der Waals surface area contributed by atoms with Crippen molar-refractivity contribution in [3.8, 4) is 0 Å². The van der Waals surface area contributed by atoms with Gasteiger partial charge in [-0.05, 0) is 37.6 Å². The van der Waals surface area contributed by atoms with Crippen LogP contribution >= 0.6 is 15.9 Å². The van der Waals surface area contributed by atoms with Gasteiger partial charge in [-0.25, -0.2) is 0 Å². The second-order valence-electron chi connectivity index (χ2n) is 4.21. The third kappa shape index (κ3) is 4.59. The molecule has 0 amide bonds. The largest absolute Gasteiger partial charge is 0.396 e. The standard InChI is InChI=1S/C14H23BrN2O/c1-3-16-11-12-6-7-13(15)10-14(12)17(4-2)8-5-9-18/h6-7,10,16,18H,3-5,8-9,11H2,1-2H3. The first-order valence-electron chi connectivity index (χ1n) is 6.57. The Morgan fingerprint density at radius 1 is 1.33 bits per heavy atom. The van der Waals surface area contributed by atoms with Crippen molar-refractivity contribution in [2.75, 3.05) is 31.1 Å². The van der Waals surface area contributed by atoms with Crippen molar-refractivity contribution in [3.05, 3.63) is 28.2 Å². The molecule has 0 atom stereocenters. The summed E-state index contributed by atoms with van der Waals surface area (Å²) >= 11 is 3.53. The fraction of sp³-hybridized carbons (Fsp3) is 0.571. The number of nitrogens with zero attached hydrogens (tertiary/aromatic N) is 1. The van der Waals surface area contributed by atoms with Gasteiger partial charge < -0.3 is 15.3 Å². The molecule has 0 aliphatic heterocycles. The minimum Gasteiger partial charge on any atom is -0.396 e. The molecule has 1 aromatic rings. The maximum atomic E-state index is 8.97. The SMILES string of the molecule is CCNCc1ccc(Br)cc1N(CC)CCCO. The maximum Gasteiger partial charge on any atom is 0.0447 e. The van der Waals surface area contributed by atoms with Gasteiger partial charge in [0.15, 0.2) is 0 Å². The van der Waals surface area contributed by atoms with Crippen LogP contribution in [0.25, 0.3) is 0 Å². The van der Waals surface area contributed by atoms with Crippen LogP contribution in [0.15, 0.2) is 22.7 Å². The highest BCUT2D eigenvalue weighted by Gasteiger charge is 2.09. The lowest BCUT2D eigenvalue weighted by molar-refractivity contribution is 0.289. The number of aliphatic hydroxyl groups excluding tert-OH is 1. The Bertz CT molecular complexity index is 358. The predicted molar refractivity (Wildman–Crippen MR) is 81.1 cm³/mol. The summed E-state index contributed by atoms with van der Waals surface area (Å²) in [7, 11) is 0. The van der Waals surface area contributed by atoms with E-state index in [2.05, 4.69) is 58.2 Å². The van der Waals surface area contributed by atoms with Gasteiger partial charge in [0, 0.05) is 36.4 Å². The van der Waals surface area contributed by atoms with Gasteiger partial charge in [0.2, 0.25) is 0 Å². The van der Waals surface area contributed by atoms with Crippen molar-refractivity contribution in [1.29, 1.82) is 0 Å². The number of nitrogens with one attached hydrogen (secondary N) is 1. The number of benzene rings is 1. The third-order valence-corrected chi connectivity index (χ3v) is 3.41. The zero-order chi connectivity index (χ0) is 13.4. The van der Waals surface area contributed by atoms with Crippen LogP contribution in [0, 0.1) is 0 Å². The van der Waals surface area contributed by atoms with Gasteiger partial charge in [-0.1, -0.05) is 28.9 Å². The number of hydrogen-bond acceptors (Lipinski definition) is 3. The highest BCUT2D eigenvalue weighted by Crippen LogP contribution is 2.25. The summed E-state index contributed by atoms with van der Waals surface area (Å²) < 4.78 is 1.10. The van der Waals surface area contributed by atoms with E-state index in [1.54, 1.807) is 0 Å². The molecule has 1 rings (SSSR count). The van der Waals surface area contributed by atoms with Crippen LogP contribution in [0.2, 0.25) is 0 Å². The van der Waals surface area contributed by atoms with Crippen molar-refractivity contribution < 1.29 is 5.11 Å². The summed E-state index contributed by atoms with van der Waals surface area (Å²) in [6.07, 6.45) is 0.807. The molecule has 0 fully saturated rings. The molecule has 0 heterocycles. The second kappa shape index (κ2) is 8.51. The molecule has 0 unspecified atom stereocenters. The zero-order valence-electron chi connectivity index (χ0n) is 11.2. The van der Waals surface area contributed by atoms with Crippen molar-refractivity contribution in [2.45, 2.75) is 26.8 Å². The molecule has 1 aromatic carbocycles. The Kier molecular flexibility index (Phi) is 7.32. The van der Waals surface area contributed by atoms with E-state index >= 15 is 0 Å². The molecule has 3 nitrogen and oxygen atoms in total. The number of halogens is 1. The lowest BCUT2D eigenvalue weighted by Gasteiger charge is -2.26. The summed E-state index contributed by atoms with van der Waals surface area (Å²) in [5.41, 5.74) is 2.56. The normalized spacial score (nSPS) is 10.7. The third-order valence-electron chi connectivity index (χ3n) is 2.92. The van der Waals surface area contributed by atoms with Gasteiger partial charge >= 0.3 is 0 Å². The smallest absolute Gasteiger partial charge is 0.0447 e. The molecular formula is C14H23BrN2O. The fourth-order valence-electron chi connectivity index (χ4n) is 1.95. The molecule has 0 saturated carbocycles. The van der Waals surface area contributed by atoms with E-state index in [0.29, 0.717) is 0 Å². The summed E-state index contributed by atoms with van der Waals surface area (Å²) in [5, 5.41) is 12.3. The molecule has 0 bridgehead atoms. The molecule has 0 saturated heterocycles. The topological polar surface area (TPSA) is 35.5 Å². The van der Waals surface area contributed by atoms with Gasteiger partial charge in [0.25, 0.3) is 0 Å². The van der Waals surface area contributed by atoms with Crippen LogP contribution in [0.3, 0.4) is 0 Å². The van der Waals surface area contributed by atoms with Crippen molar-refractivity contribution in [2.24, 2.45) is 0 Å². The van der Waals surface area contributed by atoms with E-state index in [1.165, 1.54) is 11.3 Å². The fourth-order valence-corrected chi connectivity index (χ4v) is 2.30. The molecule has 0 aliphatic rings. The van der Waals surface area contributed by atoms with Crippen LogP contribution in [0.1, 0.15) is 25.8 Å². The molecule has 0 radical (unpaired) electrons. The van der Waals surface area contributed by atoms with Crippen LogP contribution in [0.4, 0.5) is 5.69 Å². The number of rotatable bonds is 8. The average Bonchev–Trinajstić information content (AvgIpc) is 2.38. The Balaban J connectivity index is 2.90. The Morgan fingerprint density at radius 3 is 2.72 bits per heavy atom. The quantitative estimate of drug-likeness (QED) is 0.774. The molecule has 0 aliphatic carbocycles. The van der Waals surface area contributed by atoms with Gasteiger partial charge in [-0.3, -0.25) is 0 Å². The van der Waals surface area contributed by atoms with E-state index in [0.717, 1.165) is 37.1 Å². The van der Waals surface area contributed by atoms with Crippen LogP contribution in [0.5, 0.6) is 0 Å². The molecule has 18 heavy (non-hydrogen) atoms. The van der Waals surface area contributed by atoms with Gasteiger partial charge in [0.1, 0.15) is 0 Å². The van der Waals surface area contributed by atoms with Gasteiger partial charge in [-0.2, -0.15) is 0 Å². The van der Waals surface area contributed by atoms with E-state index in [-0.39, 0.29) is 6.61 Å². The average molecular weight is 315 g/mol. The summed E-state index contributed by atoms with van der Waals surface area (Å²) in [6, 6.07) is 6.40. The minimum absolute atomic E-state index is 0.243. The number of aliphatic hydroxyl groups is 1. The minimum atomic E-state index is 0.243. The molecular weight excluding hydrogens is 292 g/mol. The second-order valence-corrected chi connectivity index (χ2v) is 5.13. The number of anilines is 1. The molecule has 0 aromatic heterocycles. The summed E-state index contributed by atoms with van der Waals surface area (Å²) in [6.45, 7) is 8.20. The monoisotopic (exact) mass is 314 g/mol. The van der Waals surface area contributed by atoms with Crippen molar-refractivity contribution in [1.82, 2.24) is 5.32 Å². The highest BCUT2D eigenvalue weighted by atomic mass is 79.9. The molecule has 0 spiro atoms. The molecule has 4 heteroatoms. The Morgan fingerprint density at radius 2 is 2.11 bits per heavy atom. The first-order chi connectivity index (χ1) is 8.72. The van der Waals surface area contributed by atoms with Crippen LogP contribution < -0.4 is 10.2 Å². The van der Waals surface area contributed by atoms with Gasteiger partial charge in [-0.15, -0.1) is 0 Å². The zero-order valence-corrected chi connectivity index (χ0v) is 12.8. The van der Waals surface area contributed by atoms with Crippen LogP contribution in [-0.4, -0.2) is 31.3 Å².